The maximum Gasteiger partial charge on any atom is 0.249 e. The lowest BCUT2D eigenvalue weighted by Crippen LogP contribution is -2.52. The zero-order valence-corrected chi connectivity index (χ0v) is 15.1. The van der Waals surface area contributed by atoms with Crippen molar-refractivity contribution in [1.82, 2.24) is 14.1 Å². The van der Waals surface area contributed by atoms with Crippen LogP contribution >= 0.6 is 0 Å². The molecule has 0 bridgehead atoms. The van der Waals surface area contributed by atoms with Crippen LogP contribution in [0.25, 0.3) is 0 Å². The summed E-state index contributed by atoms with van der Waals surface area (Å²) >= 11 is 0. The Kier molecular flexibility index (Phi) is 5.86. The molecule has 0 saturated carbocycles. The fourth-order valence-electron chi connectivity index (χ4n) is 3.09. The molecule has 10 heteroatoms. The van der Waals surface area contributed by atoms with Crippen LogP contribution in [0.4, 0.5) is 8.78 Å². The standard InChI is InChI=1S/C16H21F2N3O4S/c17-13-2-1-3-14(18)16(13)26(23,24)21-6-4-19(5-7-21)12-15(22)20-8-10-25-11-9-20/h1-3H,4-12H2. The molecule has 0 N–H and O–H groups in total. The minimum Gasteiger partial charge on any atom is -0.378 e. The van der Waals surface area contributed by atoms with Gasteiger partial charge in [0.25, 0.3) is 0 Å². The molecular weight excluding hydrogens is 368 g/mol. The lowest BCUT2D eigenvalue weighted by atomic mass is 10.3. The molecule has 0 radical (unpaired) electrons. The predicted molar refractivity (Wildman–Crippen MR) is 89.0 cm³/mol. The van der Waals surface area contributed by atoms with E-state index in [1.165, 1.54) is 0 Å². The molecule has 2 fully saturated rings. The Morgan fingerprint density at radius 2 is 1.58 bits per heavy atom. The highest BCUT2D eigenvalue weighted by Crippen LogP contribution is 2.23. The second-order valence-electron chi connectivity index (χ2n) is 6.22. The molecule has 0 aliphatic carbocycles. The number of carbonyl (C=O) groups is 1. The van der Waals surface area contributed by atoms with Crippen molar-refractivity contribution in [2.24, 2.45) is 0 Å². The fourth-order valence-corrected chi connectivity index (χ4v) is 4.62. The van der Waals surface area contributed by atoms with Gasteiger partial charge in [0, 0.05) is 39.3 Å². The van der Waals surface area contributed by atoms with Gasteiger partial charge in [0.2, 0.25) is 15.9 Å². The molecule has 0 aromatic heterocycles. The van der Waals surface area contributed by atoms with Crippen molar-refractivity contribution in [2.75, 3.05) is 59.0 Å². The van der Waals surface area contributed by atoms with E-state index < -0.39 is 26.6 Å². The van der Waals surface area contributed by atoms with E-state index in [1.807, 2.05) is 4.90 Å². The lowest BCUT2D eigenvalue weighted by molar-refractivity contribution is -0.136. The summed E-state index contributed by atoms with van der Waals surface area (Å²) in [7, 11) is -4.25. The van der Waals surface area contributed by atoms with E-state index in [2.05, 4.69) is 0 Å². The number of hydrogen-bond acceptors (Lipinski definition) is 5. The van der Waals surface area contributed by atoms with E-state index in [9.17, 15) is 22.0 Å². The highest BCUT2D eigenvalue weighted by atomic mass is 32.2. The number of benzene rings is 1. The number of sulfonamides is 1. The monoisotopic (exact) mass is 389 g/mol. The molecule has 0 unspecified atom stereocenters. The molecule has 144 valence electrons. The molecule has 0 atom stereocenters. The average molecular weight is 389 g/mol. The number of amides is 1. The van der Waals surface area contributed by atoms with Crippen LogP contribution in [0.15, 0.2) is 23.1 Å². The molecule has 3 rings (SSSR count). The Labute approximate surface area is 151 Å². The third-order valence-corrected chi connectivity index (χ3v) is 6.52. The maximum absolute atomic E-state index is 13.8. The number of rotatable bonds is 4. The molecule has 2 heterocycles. The summed E-state index contributed by atoms with van der Waals surface area (Å²) in [5, 5.41) is 0. The second kappa shape index (κ2) is 7.95. The van der Waals surface area contributed by atoms with Gasteiger partial charge in [0.1, 0.15) is 11.6 Å². The van der Waals surface area contributed by atoms with Gasteiger partial charge < -0.3 is 9.64 Å². The van der Waals surface area contributed by atoms with Gasteiger partial charge in [-0.25, -0.2) is 17.2 Å². The number of nitrogens with zero attached hydrogens (tertiary/aromatic N) is 3. The van der Waals surface area contributed by atoms with E-state index in [0.717, 1.165) is 22.5 Å². The summed E-state index contributed by atoms with van der Waals surface area (Å²) in [5.41, 5.74) is 0. The van der Waals surface area contributed by atoms with Crippen LogP contribution in [0, 0.1) is 11.6 Å². The van der Waals surface area contributed by atoms with Crippen molar-refractivity contribution in [1.29, 1.82) is 0 Å². The first kappa shape index (κ1) is 19.2. The van der Waals surface area contributed by atoms with Crippen LogP contribution in [-0.2, 0) is 19.6 Å². The Hall–Kier alpha value is -1.62. The smallest absolute Gasteiger partial charge is 0.249 e. The van der Waals surface area contributed by atoms with Crippen LogP contribution in [0.5, 0.6) is 0 Å². The SMILES string of the molecule is O=C(CN1CCN(S(=O)(=O)c2c(F)cccc2F)CC1)N1CCOCC1. The van der Waals surface area contributed by atoms with Gasteiger partial charge in [-0.05, 0) is 12.1 Å². The van der Waals surface area contributed by atoms with Crippen molar-refractivity contribution in [3.05, 3.63) is 29.8 Å². The van der Waals surface area contributed by atoms with Gasteiger partial charge in [0.15, 0.2) is 4.90 Å². The zero-order valence-electron chi connectivity index (χ0n) is 14.2. The summed E-state index contributed by atoms with van der Waals surface area (Å²) in [6.07, 6.45) is 0. The van der Waals surface area contributed by atoms with Crippen LogP contribution in [0.2, 0.25) is 0 Å². The Bertz CT molecular complexity index is 741. The van der Waals surface area contributed by atoms with E-state index in [0.29, 0.717) is 39.4 Å². The summed E-state index contributed by atoms with van der Waals surface area (Å²) < 4.78 is 59.0. The first-order valence-electron chi connectivity index (χ1n) is 8.41. The van der Waals surface area contributed by atoms with Crippen molar-refractivity contribution in [3.63, 3.8) is 0 Å². The zero-order chi connectivity index (χ0) is 18.7. The number of ether oxygens (including phenoxy) is 1. The number of morpholine rings is 1. The molecule has 2 aliphatic rings. The normalized spacial score (nSPS) is 20.3. The number of piperazine rings is 1. The fraction of sp³-hybridized carbons (Fsp3) is 0.562. The maximum atomic E-state index is 13.8. The van der Waals surface area contributed by atoms with Gasteiger partial charge in [-0.1, -0.05) is 6.07 Å². The summed E-state index contributed by atoms with van der Waals surface area (Å²) in [4.78, 5) is 14.9. The minimum atomic E-state index is -4.25. The van der Waals surface area contributed by atoms with Crippen LogP contribution in [0.1, 0.15) is 0 Å². The molecule has 0 spiro atoms. The highest BCUT2D eigenvalue weighted by molar-refractivity contribution is 7.89. The van der Waals surface area contributed by atoms with E-state index in [-0.39, 0.29) is 25.5 Å². The molecular formula is C16H21F2N3O4S. The second-order valence-corrected chi connectivity index (χ2v) is 8.10. The Morgan fingerprint density at radius 3 is 2.15 bits per heavy atom. The van der Waals surface area contributed by atoms with Crippen LogP contribution in [-0.4, -0.2) is 87.5 Å². The molecule has 2 aliphatic heterocycles. The van der Waals surface area contributed by atoms with Gasteiger partial charge in [-0.2, -0.15) is 4.31 Å². The Balaban J connectivity index is 1.60. The van der Waals surface area contributed by atoms with Crippen LogP contribution < -0.4 is 0 Å². The first-order chi connectivity index (χ1) is 12.4. The molecule has 7 nitrogen and oxygen atoms in total. The van der Waals surface area contributed by atoms with Crippen molar-refractivity contribution in [3.8, 4) is 0 Å². The molecule has 2 saturated heterocycles. The molecule has 1 aromatic rings. The van der Waals surface area contributed by atoms with Crippen molar-refractivity contribution in [2.45, 2.75) is 4.90 Å². The largest absolute Gasteiger partial charge is 0.378 e. The molecule has 1 aromatic carbocycles. The summed E-state index contributed by atoms with van der Waals surface area (Å²) in [5.74, 6) is -2.23. The minimum absolute atomic E-state index is 0.0234. The Morgan fingerprint density at radius 1 is 1.00 bits per heavy atom. The third kappa shape index (κ3) is 4.03. The molecule has 1 amide bonds. The van der Waals surface area contributed by atoms with Gasteiger partial charge in [-0.3, -0.25) is 9.69 Å². The predicted octanol–water partition coefficient (Wildman–Crippen LogP) is 0.130. The van der Waals surface area contributed by atoms with Crippen molar-refractivity contribution >= 4 is 15.9 Å². The van der Waals surface area contributed by atoms with E-state index >= 15 is 0 Å². The summed E-state index contributed by atoms with van der Waals surface area (Å²) in [6, 6.07) is 2.97. The quantitative estimate of drug-likeness (QED) is 0.732. The number of carbonyl (C=O) groups excluding carboxylic acids is 1. The van der Waals surface area contributed by atoms with Gasteiger partial charge >= 0.3 is 0 Å². The van der Waals surface area contributed by atoms with E-state index in [1.54, 1.807) is 4.90 Å². The third-order valence-electron chi connectivity index (χ3n) is 4.57. The average Bonchev–Trinajstić information content (AvgIpc) is 2.62. The highest BCUT2D eigenvalue weighted by Gasteiger charge is 2.33. The summed E-state index contributed by atoms with van der Waals surface area (Å²) in [6.45, 7) is 3.15. The van der Waals surface area contributed by atoms with Crippen LogP contribution in [0.3, 0.4) is 0 Å². The van der Waals surface area contributed by atoms with Crippen molar-refractivity contribution < 1.29 is 26.7 Å². The number of halogens is 2. The topological polar surface area (TPSA) is 70.2 Å². The van der Waals surface area contributed by atoms with Gasteiger partial charge in [0.05, 0.1) is 19.8 Å². The first-order valence-corrected chi connectivity index (χ1v) is 9.85. The lowest BCUT2D eigenvalue weighted by Gasteiger charge is -2.35. The van der Waals surface area contributed by atoms with Gasteiger partial charge in [-0.15, -0.1) is 0 Å². The van der Waals surface area contributed by atoms with E-state index in [4.69, 9.17) is 4.74 Å². The molecule has 26 heavy (non-hydrogen) atoms. The number of hydrogen-bond donors (Lipinski definition) is 0.